The predicted molar refractivity (Wildman–Crippen MR) is 112 cm³/mol. The van der Waals surface area contributed by atoms with Crippen LogP contribution in [0.3, 0.4) is 0 Å². The SMILES string of the molecule is COc1cc2nncc(N3CCCC(NC(=O)c4ccccc4)C3)c2cc1OC. The van der Waals surface area contributed by atoms with Crippen LogP contribution in [0.5, 0.6) is 11.5 Å². The summed E-state index contributed by atoms with van der Waals surface area (Å²) in [4.78, 5) is 14.8. The van der Waals surface area contributed by atoms with Gasteiger partial charge in [-0.15, -0.1) is 0 Å². The molecule has 3 aromatic rings. The Morgan fingerprint density at radius 2 is 1.90 bits per heavy atom. The molecule has 150 valence electrons. The number of nitrogens with zero attached hydrogens (tertiary/aromatic N) is 3. The van der Waals surface area contributed by atoms with Crippen molar-refractivity contribution < 1.29 is 14.3 Å². The van der Waals surface area contributed by atoms with Crippen molar-refractivity contribution in [2.24, 2.45) is 0 Å². The fourth-order valence-corrected chi connectivity index (χ4v) is 3.80. The van der Waals surface area contributed by atoms with Crippen LogP contribution in [-0.4, -0.2) is 49.5 Å². The number of rotatable bonds is 5. The summed E-state index contributed by atoms with van der Waals surface area (Å²) < 4.78 is 10.8. The van der Waals surface area contributed by atoms with E-state index >= 15 is 0 Å². The Morgan fingerprint density at radius 1 is 1.14 bits per heavy atom. The van der Waals surface area contributed by atoms with Gasteiger partial charge < -0.3 is 19.7 Å². The molecule has 7 nitrogen and oxygen atoms in total. The molecule has 1 amide bonds. The lowest BCUT2D eigenvalue weighted by Gasteiger charge is -2.35. The molecule has 0 radical (unpaired) electrons. The molecule has 0 aliphatic carbocycles. The molecule has 0 bridgehead atoms. The number of piperidine rings is 1. The van der Waals surface area contributed by atoms with Gasteiger partial charge in [0.1, 0.15) is 0 Å². The molecule has 1 atom stereocenters. The number of carbonyl (C=O) groups is 1. The molecule has 2 heterocycles. The van der Waals surface area contributed by atoms with Crippen LogP contribution in [0.15, 0.2) is 48.7 Å². The average molecular weight is 392 g/mol. The fraction of sp³-hybridized carbons (Fsp3) is 0.318. The third kappa shape index (κ3) is 3.94. The predicted octanol–water partition coefficient (Wildman–Crippen LogP) is 3.05. The van der Waals surface area contributed by atoms with E-state index in [1.54, 1.807) is 20.4 Å². The summed E-state index contributed by atoms with van der Waals surface area (Å²) in [6.45, 7) is 1.61. The monoisotopic (exact) mass is 392 g/mol. The molecule has 2 aromatic carbocycles. The summed E-state index contributed by atoms with van der Waals surface area (Å²) in [5, 5.41) is 12.5. The maximum Gasteiger partial charge on any atom is 0.251 e. The van der Waals surface area contributed by atoms with E-state index in [2.05, 4.69) is 20.4 Å². The van der Waals surface area contributed by atoms with Crippen LogP contribution in [0, 0.1) is 0 Å². The topological polar surface area (TPSA) is 76.6 Å². The number of nitrogens with one attached hydrogen (secondary N) is 1. The van der Waals surface area contributed by atoms with Crippen molar-refractivity contribution in [3.8, 4) is 11.5 Å². The molecule has 4 rings (SSSR count). The third-order valence-corrected chi connectivity index (χ3v) is 5.26. The standard InChI is InChI=1S/C22H24N4O3/c1-28-20-11-17-18(12-21(20)29-2)25-23-13-19(17)26-10-6-9-16(14-26)24-22(27)15-7-4-3-5-8-15/h3-5,7-8,11-13,16H,6,9-10,14H2,1-2H3,(H,24,27). The molecule has 1 aliphatic heterocycles. The van der Waals surface area contributed by atoms with E-state index in [9.17, 15) is 4.79 Å². The second-order valence-electron chi connectivity index (χ2n) is 7.08. The molecule has 1 saturated heterocycles. The van der Waals surface area contributed by atoms with Gasteiger partial charge in [0.25, 0.3) is 5.91 Å². The maximum atomic E-state index is 12.5. The fourth-order valence-electron chi connectivity index (χ4n) is 3.80. The number of carbonyl (C=O) groups excluding carboxylic acids is 1. The number of methoxy groups -OCH3 is 2. The lowest BCUT2D eigenvalue weighted by atomic mass is 10.0. The van der Waals surface area contributed by atoms with E-state index in [0.717, 1.165) is 36.0 Å². The summed E-state index contributed by atoms with van der Waals surface area (Å²) in [6, 6.07) is 13.2. The first-order valence-electron chi connectivity index (χ1n) is 9.68. The highest BCUT2D eigenvalue weighted by Crippen LogP contribution is 2.35. The highest BCUT2D eigenvalue weighted by atomic mass is 16.5. The van der Waals surface area contributed by atoms with Crippen molar-refractivity contribution >= 4 is 22.5 Å². The van der Waals surface area contributed by atoms with Crippen molar-refractivity contribution in [3.05, 3.63) is 54.2 Å². The molecule has 0 saturated carbocycles. The summed E-state index contributed by atoms with van der Waals surface area (Å²) in [5.41, 5.74) is 2.41. The van der Waals surface area contributed by atoms with Gasteiger partial charge in [-0.1, -0.05) is 18.2 Å². The molecular weight excluding hydrogens is 368 g/mol. The second-order valence-corrected chi connectivity index (χ2v) is 7.08. The molecule has 1 N–H and O–H groups in total. The minimum absolute atomic E-state index is 0.0402. The van der Waals surface area contributed by atoms with E-state index in [1.165, 1.54) is 0 Å². The Morgan fingerprint density at radius 3 is 2.66 bits per heavy atom. The number of aromatic nitrogens is 2. The van der Waals surface area contributed by atoms with Crippen LogP contribution < -0.4 is 19.7 Å². The van der Waals surface area contributed by atoms with Crippen LogP contribution >= 0.6 is 0 Å². The Labute approximate surface area is 169 Å². The zero-order chi connectivity index (χ0) is 20.2. The van der Waals surface area contributed by atoms with Gasteiger partial charge in [-0.25, -0.2) is 0 Å². The van der Waals surface area contributed by atoms with Crippen LogP contribution in [0.1, 0.15) is 23.2 Å². The first-order valence-corrected chi connectivity index (χ1v) is 9.68. The van der Waals surface area contributed by atoms with Crippen LogP contribution in [-0.2, 0) is 0 Å². The number of ether oxygens (including phenoxy) is 2. The first-order chi connectivity index (χ1) is 14.2. The van der Waals surface area contributed by atoms with Gasteiger partial charge >= 0.3 is 0 Å². The second kappa shape index (κ2) is 8.34. The van der Waals surface area contributed by atoms with Gasteiger partial charge in [0, 0.05) is 36.1 Å². The van der Waals surface area contributed by atoms with Gasteiger partial charge in [0.05, 0.1) is 31.6 Å². The molecule has 7 heteroatoms. The van der Waals surface area contributed by atoms with Gasteiger partial charge in [-0.05, 0) is 31.0 Å². The summed E-state index contributed by atoms with van der Waals surface area (Å²) in [7, 11) is 3.22. The molecule has 1 unspecified atom stereocenters. The Hall–Kier alpha value is -3.35. The zero-order valence-corrected chi connectivity index (χ0v) is 16.6. The van der Waals surface area contributed by atoms with Crippen LogP contribution in [0.4, 0.5) is 5.69 Å². The molecule has 0 spiro atoms. The van der Waals surface area contributed by atoms with Crippen LogP contribution in [0.25, 0.3) is 10.9 Å². The highest BCUT2D eigenvalue weighted by Gasteiger charge is 2.24. The lowest BCUT2D eigenvalue weighted by Crippen LogP contribution is -2.48. The van der Waals surface area contributed by atoms with E-state index < -0.39 is 0 Å². The normalized spacial score (nSPS) is 16.5. The maximum absolute atomic E-state index is 12.5. The summed E-state index contributed by atoms with van der Waals surface area (Å²) in [5.74, 6) is 1.24. The van der Waals surface area contributed by atoms with Gasteiger partial charge in [0.15, 0.2) is 11.5 Å². The molecular formula is C22H24N4O3. The number of fused-ring (bicyclic) bond motifs is 1. The molecule has 1 aliphatic rings. The van der Waals surface area contributed by atoms with Crippen molar-refractivity contribution in [3.63, 3.8) is 0 Å². The lowest BCUT2D eigenvalue weighted by molar-refractivity contribution is 0.0933. The highest BCUT2D eigenvalue weighted by molar-refractivity contribution is 5.95. The van der Waals surface area contributed by atoms with E-state index in [1.807, 2.05) is 42.5 Å². The summed E-state index contributed by atoms with van der Waals surface area (Å²) >= 11 is 0. The number of benzene rings is 2. The average Bonchev–Trinajstić information content (AvgIpc) is 2.78. The minimum Gasteiger partial charge on any atom is -0.493 e. The van der Waals surface area contributed by atoms with Crippen molar-refractivity contribution in [1.29, 1.82) is 0 Å². The third-order valence-electron chi connectivity index (χ3n) is 5.26. The van der Waals surface area contributed by atoms with Crippen molar-refractivity contribution in [2.45, 2.75) is 18.9 Å². The quantitative estimate of drug-likeness (QED) is 0.719. The number of amides is 1. The Kier molecular flexibility index (Phi) is 5.46. The van der Waals surface area contributed by atoms with Gasteiger partial charge in [-0.3, -0.25) is 4.79 Å². The molecule has 1 aromatic heterocycles. The smallest absolute Gasteiger partial charge is 0.251 e. The number of hydrogen-bond donors (Lipinski definition) is 1. The largest absolute Gasteiger partial charge is 0.493 e. The first kappa shape index (κ1) is 19.0. The van der Waals surface area contributed by atoms with E-state index in [-0.39, 0.29) is 11.9 Å². The Bertz CT molecular complexity index is 1010. The number of anilines is 1. The van der Waals surface area contributed by atoms with Crippen LogP contribution in [0.2, 0.25) is 0 Å². The molecule has 29 heavy (non-hydrogen) atoms. The Balaban J connectivity index is 1.58. The van der Waals surface area contributed by atoms with E-state index in [4.69, 9.17) is 9.47 Å². The zero-order valence-electron chi connectivity index (χ0n) is 16.6. The van der Waals surface area contributed by atoms with E-state index in [0.29, 0.717) is 23.6 Å². The van der Waals surface area contributed by atoms with Gasteiger partial charge in [0.2, 0.25) is 0 Å². The molecule has 1 fully saturated rings. The van der Waals surface area contributed by atoms with Crippen molar-refractivity contribution in [2.75, 3.05) is 32.2 Å². The number of hydrogen-bond acceptors (Lipinski definition) is 6. The van der Waals surface area contributed by atoms with Gasteiger partial charge in [-0.2, -0.15) is 10.2 Å². The minimum atomic E-state index is -0.0402. The van der Waals surface area contributed by atoms with Crippen molar-refractivity contribution in [1.82, 2.24) is 15.5 Å². The summed E-state index contributed by atoms with van der Waals surface area (Å²) in [6.07, 6.45) is 3.70.